The summed E-state index contributed by atoms with van der Waals surface area (Å²) in [6, 6.07) is 58.5. The molecule has 0 aliphatic carbocycles. The molecule has 0 fully saturated rings. The number of fused-ring (bicyclic) bond motifs is 15. The van der Waals surface area contributed by atoms with Crippen LogP contribution in [0.3, 0.4) is 0 Å². The van der Waals surface area contributed by atoms with Gasteiger partial charge in [0.2, 0.25) is 0 Å². The van der Waals surface area contributed by atoms with Crippen molar-refractivity contribution in [2.24, 2.45) is 0 Å². The minimum Gasteiger partial charge on any atom is -0.292 e. The molecule has 0 N–H and O–H groups in total. The molecule has 0 amide bonds. The third-order valence-corrected chi connectivity index (χ3v) is 11.3. The van der Waals surface area contributed by atoms with Gasteiger partial charge in [-0.1, -0.05) is 152 Å². The normalized spacial score (nSPS) is 12.0. The summed E-state index contributed by atoms with van der Waals surface area (Å²) in [5.74, 6) is 1.56. The zero-order chi connectivity index (χ0) is 32.8. The van der Waals surface area contributed by atoms with Gasteiger partial charge in [0.05, 0.1) is 21.4 Å². The fourth-order valence-electron chi connectivity index (χ4n) is 8.08. The van der Waals surface area contributed by atoms with E-state index in [1.54, 1.807) is 0 Å². The smallest absolute Gasteiger partial charge is 0.162 e. The van der Waals surface area contributed by atoms with Gasteiger partial charge in [-0.15, -0.1) is 11.3 Å². The van der Waals surface area contributed by atoms with Crippen LogP contribution in [0.2, 0.25) is 0 Å². The molecule has 0 aliphatic heterocycles. The van der Waals surface area contributed by atoms with Gasteiger partial charge in [-0.2, -0.15) is 0 Å². The minimum absolute atomic E-state index is 0.704. The summed E-state index contributed by atoms with van der Waals surface area (Å²) in [5, 5.41) is 12.6. The van der Waals surface area contributed by atoms with Crippen molar-refractivity contribution in [2.75, 3.05) is 0 Å². The standard InChI is InChI=1S/C46H27N3S/c1-3-15-28(16-4-1)37-27-39(48-46(47-37)29-17-5-2-6-18-29)49-43-35-24-12-8-20-31(35)30-19-7-9-21-32(30)41(43)42-34-23-11-10-22-33(34)40-36-25-13-14-26-38(36)50-45(40)44(42)49/h1-27H. The fourth-order valence-corrected chi connectivity index (χ4v) is 9.34. The summed E-state index contributed by atoms with van der Waals surface area (Å²) in [6.45, 7) is 0. The van der Waals surface area contributed by atoms with Gasteiger partial charge in [0.25, 0.3) is 0 Å². The van der Waals surface area contributed by atoms with Gasteiger partial charge in [0, 0.05) is 48.8 Å². The minimum atomic E-state index is 0.704. The van der Waals surface area contributed by atoms with E-state index in [1.165, 1.54) is 74.3 Å². The van der Waals surface area contributed by atoms with Crippen LogP contribution in [0.25, 0.3) is 103 Å². The molecule has 0 bridgehead atoms. The maximum absolute atomic E-state index is 5.46. The van der Waals surface area contributed by atoms with Crippen LogP contribution < -0.4 is 0 Å². The molecule has 0 aliphatic rings. The van der Waals surface area contributed by atoms with Crippen LogP contribution in [0.1, 0.15) is 0 Å². The van der Waals surface area contributed by atoms with Gasteiger partial charge in [0.15, 0.2) is 5.82 Å². The third kappa shape index (κ3) is 3.85. The fraction of sp³-hybridized carbons (Fsp3) is 0. The average molecular weight is 654 g/mol. The van der Waals surface area contributed by atoms with E-state index in [2.05, 4.69) is 162 Å². The Balaban J connectivity index is 1.45. The molecule has 11 aromatic rings. The summed E-state index contributed by atoms with van der Waals surface area (Å²) in [5.41, 5.74) is 5.29. The van der Waals surface area contributed by atoms with Gasteiger partial charge < -0.3 is 0 Å². The topological polar surface area (TPSA) is 30.7 Å². The van der Waals surface area contributed by atoms with Crippen molar-refractivity contribution in [1.82, 2.24) is 14.5 Å². The van der Waals surface area contributed by atoms with Crippen LogP contribution in [0.5, 0.6) is 0 Å². The Hall–Kier alpha value is -6.36. The second-order valence-corrected chi connectivity index (χ2v) is 13.9. The van der Waals surface area contributed by atoms with Gasteiger partial charge in [-0.05, 0) is 33.0 Å². The number of benzene rings is 8. The summed E-state index contributed by atoms with van der Waals surface area (Å²) in [7, 11) is 0. The van der Waals surface area contributed by atoms with Crippen LogP contribution in [-0.4, -0.2) is 14.5 Å². The van der Waals surface area contributed by atoms with Crippen molar-refractivity contribution >= 4 is 85.6 Å². The zero-order valence-electron chi connectivity index (χ0n) is 26.8. The molecule has 4 heteroatoms. The number of nitrogens with zero attached hydrogens (tertiary/aromatic N) is 3. The molecule has 3 nitrogen and oxygen atoms in total. The highest BCUT2D eigenvalue weighted by atomic mass is 32.1. The van der Waals surface area contributed by atoms with E-state index in [0.29, 0.717) is 5.82 Å². The van der Waals surface area contributed by atoms with E-state index >= 15 is 0 Å². The van der Waals surface area contributed by atoms with Crippen molar-refractivity contribution in [3.63, 3.8) is 0 Å². The van der Waals surface area contributed by atoms with Crippen LogP contribution in [0, 0.1) is 0 Å². The SMILES string of the molecule is c1ccc(-c2cc(-n3c4c5ccccc5c5ccccc5c4c4c5ccccc5c5c6ccccc6sc5c43)nc(-c3ccccc3)n2)cc1. The van der Waals surface area contributed by atoms with Crippen molar-refractivity contribution in [2.45, 2.75) is 0 Å². The van der Waals surface area contributed by atoms with E-state index < -0.39 is 0 Å². The third-order valence-electron chi connectivity index (χ3n) is 10.2. The average Bonchev–Trinajstić information content (AvgIpc) is 3.76. The van der Waals surface area contributed by atoms with Crippen molar-refractivity contribution in [3.8, 4) is 28.5 Å². The molecule has 11 rings (SSSR count). The van der Waals surface area contributed by atoms with Crippen LogP contribution >= 0.6 is 11.3 Å². The highest BCUT2D eigenvalue weighted by Gasteiger charge is 2.26. The highest BCUT2D eigenvalue weighted by Crippen LogP contribution is 2.50. The first-order valence-electron chi connectivity index (χ1n) is 16.9. The highest BCUT2D eigenvalue weighted by molar-refractivity contribution is 7.27. The van der Waals surface area contributed by atoms with Gasteiger partial charge in [-0.25, -0.2) is 9.97 Å². The van der Waals surface area contributed by atoms with Gasteiger partial charge in [0.1, 0.15) is 5.82 Å². The second kappa shape index (κ2) is 10.6. The van der Waals surface area contributed by atoms with Crippen molar-refractivity contribution < 1.29 is 0 Å². The largest absolute Gasteiger partial charge is 0.292 e. The summed E-state index contributed by atoms with van der Waals surface area (Å²) in [6.07, 6.45) is 0. The predicted octanol–water partition coefficient (Wildman–Crippen LogP) is 12.7. The monoisotopic (exact) mass is 653 g/mol. The first-order chi connectivity index (χ1) is 24.8. The Morgan fingerprint density at radius 2 is 0.900 bits per heavy atom. The molecule has 232 valence electrons. The lowest BCUT2D eigenvalue weighted by Crippen LogP contribution is -2.03. The van der Waals surface area contributed by atoms with Crippen LogP contribution in [-0.2, 0) is 0 Å². The Labute approximate surface area is 291 Å². The number of hydrogen-bond acceptors (Lipinski definition) is 3. The second-order valence-electron chi connectivity index (χ2n) is 12.9. The van der Waals surface area contributed by atoms with Gasteiger partial charge in [-0.3, -0.25) is 4.57 Å². The molecule has 3 aromatic heterocycles. The molecule has 0 saturated carbocycles. The lowest BCUT2D eigenvalue weighted by atomic mass is 9.94. The predicted molar refractivity (Wildman–Crippen MR) is 213 cm³/mol. The van der Waals surface area contributed by atoms with E-state index in [9.17, 15) is 0 Å². The molecule has 0 saturated heterocycles. The molecule has 8 aromatic carbocycles. The van der Waals surface area contributed by atoms with E-state index in [0.717, 1.165) is 22.6 Å². The first-order valence-corrected chi connectivity index (χ1v) is 17.7. The molecule has 0 radical (unpaired) electrons. The van der Waals surface area contributed by atoms with E-state index in [4.69, 9.17) is 9.97 Å². The number of aromatic nitrogens is 3. The van der Waals surface area contributed by atoms with E-state index in [-0.39, 0.29) is 0 Å². The van der Waals surface area contributed by atoms with Crippen molar-refractivity contribution in [1.29, 1.82) is 0 Å². The maximum Gasteiger partial charge on any atom is 0.162 e. The molecule has 0 unspecified atom stereocenters. The number of hydrogen-bond donors (Lipinski definition) is 0. The van der Waals surface area contributed by atoms with E-state index in [1.807, 2.05) is 17.4 Å². The lowest BCUT2D eigenvalue weighted by Gasteiger charge is -2.14. The summed E-state index contributed by atoms with van der Waals surface area (Å²) < 4.78 is 5.01. The Morgan fingerprint density at radius 1 is 0.400 bits per heavy atom. The molecule has 50 heavy (non-hydrogen) atoms. The zero-order valence-corrected chi connectivity index (χ0v) is 27.7. The number of thiophene rings is 1. The summed E-state index contributed by atoms with van der Waals surface area (Å²) in [4.78, 5) is 10.6. The Kier molecular flexibility index (Phi) is 5.83. The molecular formula is C46H27N3S. The lowest BCUT2D eigenvalue weighted by molar-refractivity contribution is 1.05. The quantitative estimate of drug-likeness (QED) is 0.178. The van der Waals surface area contributed by atoms with Gasteiger partial charge >= 0.3 is 0 Å². The maximum atomic E-state index is 5.46. The first kappa shape index (κ1) is 27.6. The Bertz CT molecular complexity index is 3080. The van der Waals surface area contributed by atoms with Crippen LogP contribution in [0.4, 0.5) is 0 Å². The summed E-state index contributed by atoms with van der Waals surface area (Å²) >= 11 is 1.88. The molecule has 0 atom stereocenters. The molecular weight excluding hydrogens is 627 g/mol. The Morgan fingerprint density at radius 3 is 1.60 bits per heavy atom. The molecule has 3 heterocycles. The van der Waals surface area contributed by atoms with Crippen LogP contribution in [0.15, 0.2) is 164 Å². The molecule has 0 spiro atoms. The van der Waals surface area contributed by atoms with Crippen molar-refractivity contribution in [3.05, 3.63) is 164 Å². The number of rotatable bonds is 3.